The molecular formula is C10H13F3N2O5. The molecule has 10 heteroatoms. The van der Waals surface area contributed by atoms with Gasteiger partial charge in [-0.3, -0.25) is 9.59 Å². The third-order valence-corrected chi connectivity index (χ3v) is 2.29. The lowest BCUT2D eigenvalue weighted by molar-refractivity contribution is -0.201. The topological polar surface area (TPSA) is 84.9 Å². The number of halogens is 3. The fourth-order valence-corrected chi connectivity index (χ4v) is 1.47. The van der Waals surface area contributed by atoms with E-state index in [9.17, 15) is 27.6 Å². The van der Waals surface area contributed by atoms with Gasteiger partial charge >= 0.3 is 24.1 Å². The Labute approximate surface area is 112 Å². The largest absolute Gasteiger partial charge is 0.491 e. The molecule has 0 saturated carbocycles. The summed E-state index contributed by atoms with van der Waals surface area (Å²) in [5.74, 6) is -4.62. The lowest BCUT2D eigenvalue weighted by Crippen LogP contribution is -2.47. The summed E-state index contributed by atoms with van der Waals surface area (Å²) < 4.78 is 44.1. The molecule has 1 heterocycles. The lowest BCUT2D eigenvalue weighted by Gasteiger charge is -2.24. The predicted octanol–water partition coefficient (Wildman–Crippen LogP) is -0.0360. The van der Waals surface area contributed by atoms with E-state index in [1.165, 1.54) is 5.01 Å². The van der Waals surface area contributed by atoms with Crippen molar-refractivity contribution < 1.29 is 37.0 Å². The van der Waals surface area contributed by atoms with Crippen molar-refractivity contribution >= 4 is 17.9 Å². The van der Waals surface area contributed by atoms with Crippen LogP contribution >= 0.6 is 0 Å². The molecule has 1 rings (SSSR count). The monoisotopic (exact) mass is 298 g/mol. The molecule has 1 N–H and O–H groups in total. The Balaban J connectivity index is 2.45. The summed E-state index contributed by atoms with van der Waals surface area (Å²) in [6, 6.07) is 0. The minimum atomic E-state index is -5.23. The molecule has 1 aliphatic heterocycles. The summed E-state index contributed by atoms with van der Waals surface area (Å²) in [5.41, 5.74) is 2.39. The number of nitrogens with zero attached hydrogens (tertiary/aromatic N) is 1. The molecule has 0 aromatic carbocycles. The highest BCUT2D eigenvalue weighted by Crippen LogP contribution is 2.17. The van der Waals surface area contributed by atoms with Crippen LogP contribution in [-0.2, 0) is 23.9 Å². The smallest absolute Gasteiger partial charge is 0.444 e. The first kappa shape index (κ1) is 16.4. The fourth-order valence-electron chi connectivity index (χ4n) is 1.47. The number of hydrogen-bond donors (Lipinski definition) is 1. The Morgan fingerprint density at radius 3 is 2.60 bits per heavy atom. The van der Waals surface area contributed by atoms with E-state index in [1.54, 1.807) is 13.8 Å². The van der Waals surface area contributed by atoms with Crippen LogP contribution in [-0.4, -0.2) is 48.4 Å². The Bertz CT molecular complexity index is 410. The van der Waals surface area contributed by atoms with Crippen LogP contribution in [0.2, 0.25) is 0 Å². The minimum absolute atomic E-state index is 0.0956. The van der Waals surface area contributed by atoms with Gasteiger partial charge in [-0.1, -0.05) is 13.8 Å². The van der Waals surface area contributed by atoms with Crippen LogP contribution in [0.5, 0.6) is 0 Å². The van der Waals surface area contributed by atoms with Gasteiger partial charge in [0.25, 0.3) is 0 Å². The lowest BCUT2D eigenvalue weighted by atomic mass is 10.2. The average Bonchev–Trinajstić information content (AvgIpc) is 2.66. The van der Waals surface area contributed by atoms with E-state index in [0.717, 1.165) is 0 Å². The van der Waals surface area contributed by atoms with Gasteiger partial charge in [0, 0.05) is 5.92 Å². The van der Waals surface area contributed by atoms with Gasteiger partial charge in [-0.05, 0) is 0 Å². The van der Waals surface area contributed by atoms with Crippen LogP contribution in [0.4, 0.5) is 13.2 Å². The summed E-state index contributed by atoms with van der Waals surface area (Å²) in [4.78, 5) is 32.6. The van der Waals surface area contributed by atoms with Gasteiger partial charge < -0.3 is 9.47 Å². The van der Waals surface area contributed by atoms with E-state index in [2.05, 4.69) is 10.2 Å². The Kier molecular flexibility index (Phi) is 5.06. The van der Waals surface area contributed by atoms with Crippen LogP contribution < -0.4 is 5.43 Å². The first-order valence-corrected chi connectivity index (χ1v) is 5.62. The Morgan fingerprint density at radius 2 is 2.10 bits per heavy atom. The van der Waals surface area contributed by atoms with Gasteiger partial charge in [0.15, 0.2) is 6.23 Å². The molecule has 1 aliphatic rings. The highest BCUT2D eigenvalue weighted by molar-refractivity contribution is 5.89. The summed E-state index contributed by atoms with van der Waals surface area (Å²) in [5, 5.41) is 1.26. The third-order valence-electron chi connectivity index (χ3n) is 2.29. The molecule has 0 aliphatic carbocycles. The number of hydrogen-bond acceptors (Lipinski definition) is 7. The molecule has 114 valence electrons. The maximum Gasteiger partial charge on any atom is 0.491 e. The maximum absolute atomic E-state index is 11.8. The zero-order chi connectivity index (χ0) is 15.5. The summed E-state index contributed by atoms with van der Waals surface area (Å²) in [6.07, 6.45) is -5.88. The second-order valence-corrected chi connectivity index (χ2v) is 4.35. The first-order valence-electron chi connectivity index (χ1n) is 5.62. The van der Waals surface area contributed by atoms with E-state index in [4.69, 9.17) is 4.74 Å². The number of rotatable bonds is 4. The SMILES string of the molecule is CC(C)C1OC(=O)CN1NCC(=O)OC(=O)C(F)(F)F. The zero-order valence-electron chi connectivity index (χ0n) is 10.7. The third kappa shape index (κ3) is 4.46. The molecule has 1 atom stereocenters. The van der Waals surface area contributed by atoms with Gasteiger partial charge in [-0.15, -0.1) is 0 Å². The number of cyclic esters (lactones) is 1. The van der Waals surface area contributed by atoms with E-state index in [1.807, 2.05) is 0 Å². The van der Waals surface area contributed by atoms with Crippen molar-refractivity contribution in [2.75, 3.05) is 13.1 Å². The molecule has 20 heavy (non-hydrogen) atoms. The molecule has 1 unspecified atom stereocenters. The van der Waals surface area contributed by atoms with Crippen molar-refractivity contribution in [1.82, 2.24) is 10.4 Å². The van der Waals surface area contributed by atoms with Crippen molar-refractivity contribution in [2.45, 2.75) is 26.3 Å². The summed E-state index contributed by atoms with van der Waals surface area (Å²) >= 11 is 0. The highest BCUT2D eigenvalue weighted by atomic mass is 19.4. The van der Waals surface area contributed by atoms with E-state index >= 15 is 0 Å². The van der Waals surface area contributed by atoms with Crippen LogP contribution in [0.15, 0.2) is 0 Å². The Morgan fingerprint density at radius 1 is 1.50 bits per heavy atom. The molecule has 0 spiro atoms. The molecule has 0 aromatic heterocycles. The van der Waals surface area contributed by atoms with Gasteiger partial charge in [-0.2, -0.15) is 18.2 Å². The van der Waals surface area contributed by atoms with E-state index < -0.39 is 36.9 Å². The summed E-state index contributed by atoms with van der Waals surface area (Å²) in [6.45, 7) is 2.65. The maximum atomic E-state index is 11.8. The Hall–Kier alpha value is -1.68. The predicted molar refractivity (Wildman–Crippen MR) is 56.6 cm³/mol. The minimum Gasteiger partial charge on any atom is -0.444 e. The highest BCUT2D eigenvalue weighted by Gasteiger charge is 2.42. The van der Waals surface area contributed by atoms with Crippen molar-refractivity contribution in [3.8, 4) is 0 Å². The van der Waals surface area contributed by atoms with Crippen LogP contribution in [0.3, 0.4) is 0 Å². The molecule has 1 saturated heterocycles. The number of nitrogens with one attached hydrogen (secondary N) is 1. The standard InChI is InChI=1S/C10H13F3N2O5/c1-5(2)8-15(4-7(17)19-8)14-3-6(16)20-9(18)10(11,12)13/h5,8,14H,3-4H2,1-2H3. The number of carbonyl (C=O) groups excluding carboxylic acids is 3. The fraction of sp³-hybridized carbons (Fsp3) is 0.700. The van der Waals surface area contributed by atoms with E-state index in [-0.39, 0.29) is 12.5 Å². The van der Waals surface area contributed by atoms with Gasteiger partial charge in [-0.25, -0.2) is 10.2 Å². The van der Waals surface area contributed by atoms with Crippen molar-refractivity contribution in [2.24, 2.45) is 5.92 Å². The number of esters is 3. The molecular weight excluding hydrogens is 285 g/mol. The molecule has 0 radical (unpaired) electrons. The number of alkyl halides is 3. The molecule has 0 bridgehead atoms. The van der Waals surface area contributed by atoms with Crippen LogP contribution in [0, 0.1) is 5.92 Å². The quantitative estimate of drug-likeness (QED) is 0.576. The number of ether oxygens (including phenoxy) is 2. The molecule has 0 amide bonds. The molecule has 7 nitrogen and oxygen atoms in total. The van der Waals surface area contributed by atoms with Gasteiger partial charge in [0.1, 0.15) is 13.1 Å². The summed E-state index contributed by atoms with van der Waals surface area (Å²) in [7, 11) is 0. The van der Waals surface area contributed by atoms with E-state index in [0.29, 0.717) is 0 Å². The normalized spacial score (nSPS) is 20.1. The van der Waals surface area contributed by atoms with Crippen molar-refractivity contribution in [3.05, 3.63) is 0 Å². The number of hydrazine groups is 1. The van der Waals surface area contributed by atoms with Crippen molar-refractivity contribution in [1.29, 1.82) is 0 Å². The molecule has 0 aromatic rings. The first-order chi connectivity index (χ1) is 9.11. The second kappa shape index (κ2) is 6.18. The molecule has 1 fully saturated rings. The van der Waals surface area contributed by atoms with Crippen LogP contribution in [0.25, 0.3) is 0 Å². The van der Waals surface area contributed by atoms with Crippen molar-refractivity contribution in [3.63, 3.8) is 0 Å². The van der Waals surface area contributed by atoms with Gasteiger partial charge in [0.2, 0.25) is 0 Å². The van der Waals surface area contributed by atoms with Crippen LogP contribution in [0.1, 0.15) is 13.8 Å². The van der Waals surface area contributed by atoms with Gasteiger partial charge in [0.05, 0.1) is 0 Å². The average molecular weight is 298 g/mol. The zero-order valence-corrected chi connectivity index (χ0v) is 10.7. The second-order valence-electron chi connectivity index (χ2n) is 4.35. The number of carbonyl (C=O) groups is 3.